The summed E-state index contributed by atoms with van der Waals surface area (Å²) < 4.78 is 13.2. The van der Waals surface area contributed by atoms with E-state index in [-0.39, 0.29) is 17.9 Å². The third-order valence-electron chi connectivity index (χ3n) is 5.37. The minimum atomic E-state index is -0.159. The smallest absolute Gasteiger partial charge is 0.271 e. The summed E-state index contributed by atoms with van der Waals surface area (Å²) in [7, 11) is 1.65. The van der Waals surface area contributed by atoms with Crippen LogP contribution >= 0.6 is 0 Å². The number of carbonyl (C=O) groups excluding carboxylic acids is 1. The molecule has 0 radical (unpaired) electrons. The number of nitrogens with zero attached hydrogens (tertiary/aromatic N) is 2. The summed E-state index contributed by atoms with van der Waals surface area (Å²) in [6.45, 7) is 3.64. The highest BCUT2D eigenvalue weighted by Crippen LogP contribution is 2.29. The SMILES string of the molecule is COc1ccc([C@H]2Cn3cnc(C(=O)NC[C@@H](C)c4ccccc4)c3CO2)cc1. The Labute approximate surface area is 170 Å². The summed E-state index contributed by atoms with van der Waals surface area (Å²) >= 11 is 0. The van der Waals surface area contributed by atoms with Crippen molar-refractivity contribution in [2.45, 2.75) is 32.1 Å². The Morgan fingerprint density at radius 2 is 2.00 bits per heavy atom. The Bertz CT molecular complexity index is 967. The summed E-state index contributed by atoms with van der Waals surface area (Å²) in [5.74, 6) is 0.888. The summed E-state index contributed by atoms with van der Waals surface area (Å²) in [4.78, 5) is 17.0. The van der Waals surface area contributed by atoms with Gasteiger partial charge < -0.3 is 19.4 Å². The summed E-state index contributed by atoms with van der Waals surface area (Å²) in [5.41, 5.74) is 3.54. The molecule has 0 saturated carbocycles. The summed E-state index contributed by atoms with van der Waals surface area (Å²) in [6.07, 6.45) is 1.65. The van der Waals surface area contributed by atoms with Crippen molar-refractivity contribution in [3.8, 4) is 5.75 Å². The topological polar surface area (TPSA) is 65.4 Å². The molecule has 0 aliphatic carbocycles. The van der Waals surface area contributed by atoms with Crippen LogP contribution in [0.25, 0.3) is 0 Å². The van der Waals surface area contributed by atoms with E-state index >= 15 is 0 Å². The van der Waals surface area contributed by atoms with E-state index in [9.17, 15) is 4.79 Å². The summed E-state index contributed by atoms with van der Waals surface area (Å²) in [5, 5.41) is 3.00. The predicted molar refractivity (Wildman–Crippen MR) is 110 cm³/mol. The number of hydrogen-bond acceptors (Lipinski definition) is 4. The molecule has 0 saturated heterocycles. The molecule has 6 nitrogen and oxygen atoms in total. The largest absolute Gasteiger partial charge is 0.497 e. The lowest BCUT2D eigenvalue weighted by Gasteiger charge is -2.25. The standard InChI is InChI=1S/C23H25N3O3/c1-16(17-6-4-3-5-7-17)12-24-23(27)22-20-14-29-21(13-26(20)15-25-22)18-8-10-19(28-2)11-9-18/h3-11,15-16,21H,12-14H2,1-2H3,(H,24,27)/t16-,21-/m1/s1. The van der Waals surface area contributed by atoms with Crippen molar-refractivity contribution >= 4 is 5.91 Å². The van der Waals surface area contributed by atoms with E-state index in [1.807, 2.05) is 47.0 Å². The second kappa shape index (κ2) is 8.49. The zero-order valence-corrected chi connectivity index (χ0v) is 16.7. The number of hydrogen-bond donors (Lipinski definition) is 1. The third kappa shape index (κ3) is 4.17. The molecule has 1 aliphatic heterocycles. The van der Waals surface area contributed by atoms with Crippen LogP contribution in [0, 0.1) is 0 Å². The first-order valence-corrected chi connectivity index (χ1v) is 9.78. The lowest BCUT2D eigenvalue weighted by Crippen LogP contribution is -2.30. The quantitative estimate of drug-likeness (QED) is 0.696. The Kier molecular flexibility index (Phi) is 5.62. The number of aromatic nitrogens is 2. The van der Waals surface area contributed by atoms with Crippen molar-refractivity contribution in [2.24, 2.45) is 0 Å². The number of methoxy groups -OCH3 is 1. The fraction of sp³-hybridized carbons (Fsp3) is 0.304. The van der Waals surface area contributed by atoms with Gasteiger partial charge in [-0.2, -0.15) is 0 Å². The molecule has 3 aromatic rings. The van der Waals surface area contributed by atoms with Crippen molar-refractivity contribution in [3.63, 3.8) is 0 Å². The van der Waals surface area contributed by atoms with Crippen molar-refractivity contribution in [3.05, 3.63) is 83.4 Å². The Morgan fingerprint density at radius 1 is 1.24 bits per heavy atom. The fourth-order valence-corrected chi connectivity index (χ4v) is 3.57. The number of ether oxygens (including phenoxy) is 2. The molecule has 0 unspecified atom stereocenters. The maximum Gasteiger partial charge on any atom is 0.271 e. The molecular weight excluding hydrogens is 366 g/mol. The molecule has 0 spiro atoms. The van der Waals surface area contributed by atoms with Gasteiger partial charge >= 0.3 is 0 Å². The van der Waals surface area contributed by atoms with Gasteiger partial charge in [0.2, 0.25) is 0 Å². The number of fused-ring (bicyclic) bond motifs is 1. The van der Waals surface area contributed by atoms with E-state index in [0.717, 1.165) is 17.0 Å². The van der Waals surface area contributed by atoms with E-state index in [0.29, 0.717) is 25.4 Å². The number of amides is 1. The van der Waals surface area contributed by atoms with Crippen LogP contribution in [0.3, 0.4) is 0 Å². The normalized spacial score (nSPS) is 16.7. The molecule has 1 amide bonds. The molecule has 29 heavy (non-hydrogen) atoms. The van der Waals surface area contributed by atoms with Gasteiger partial charge in [0.25, 0.3) is 5.91 Å². The average Bonchev–Trinajstić information content (AvgIpc) is 3.21. The molecule has 1 aromatic heterocycles. The molecule has 2 aromatic carbocycles. The number of rotatable bonds is 6. The monoisotopic (exact) mass is 391 g/mol. The minimum absolute atomic E-state index is 0.0726. The molecular formula is C23H25N3O3. The zero-order chi connectivity index (χ0) is 20.2. The lowest BCUT2D eigenvalue weighted by molar-refractivity contribution is 0.00255. The molecule has 0 fully saturated rings. The second-order valence-corrected chi connectivity index (χ2v) is 7.29. The third-order valence-corrected chi connectivity index (χ3v) is 5.37. The van der Waals surface area contributed by atoms with Crippen LogP contribution in [-0.4, -0.2) is 29.1 Å². The molecule has 1 N–H and O–H groups in total. The fourth-order valence-electron chi connectivity index (χ4n) is 3.57. The molecule has 0 bridgehead atoms. The van der Waals surface area contributed by atoms with Gasteiger partial charge in [-0.05, 0) is 29.2 Å². The maximum atomic E-state index is 12.7. The lowest BCUT2D eigenvalue weighted by atomic mass is 10.0. The maximum absolute atomic E-state index is 12.7. The van der Waals surface area contributed by atoms with Crippen molar-refractivity contribution in [1.82, 2.24) is 14.9 Å². The average molecular weight is 391 g/mol. The Morgan fingerprint density at radius 3 is 2.72 bits per heavy atom. The van der Waals surface area contributed by atoms with Crippen molar-refractivity contribution < 1.29 is 14.3 Å². The van der Waals surface area contributed by atoms with Crippen LogP contribution in [0.4, 0.5) is 0 Å². The Hall–Kier alpha value is -3.12. The molecule has 2 atom stereocenters. The van der Waals surface area contributed by atoms with E-state index < -0.39 is 0 Å². The first kappa shape index (κ1) is 19.2. The predicted octanol–water partition coefficient (Wildman–Crippen LogP) is 3.70. The Balaban J connectivity index is 1.40. The molecule has 4 rings (SSSR count). The zero-order valence-electron chi connectivity index (χ0n) is 16.7. The van der Waals surface area contributed by atoms with E-state index in [1.165, 1.54) is 5.56 Å². The van der Waals surface area contributed by atoms with Gasteiger partial charge in [-0.25, -0.2) is 4.98 Å². The summed E-state index contributed by atoms with van der Waals surface area (Å²) in [6, 6.07) is 18.0. The van der Waals surface area contributed by atoms with Gasteiger partial charge in [0.05, 0.1) is 32.3 Å². The van der Waals surface area contributed by atoms with Gasteiger partial charge in [0, 0.05) is 6.54 Å². The first-order chi connectivity index (χ1) is 14.2. The van der Waals surface area contributed by atoms with E-state index in [2.05, 4.69) is 29.4 Å². The second-order valence-electron chi connectivity index (χ2n) is 7.29. The van der Waals surface area contributed by atoms with Gasteiger partial charge in [-0.3, -0.25) is 4.79 Å². The number of benzene rings is 2. The van der Waals surface area contributed by atoms with Crippen LogP contribution in [-0.2, 0) is 17.9 Å². The van der Waals surface area contributed by atoms with Gasteiger partial charge in [-0.15, -0.1) is 0 Å². The van der Waals surface area contributed by atoms with Crippen LogP contribution in [0.1, 0.15) is 46.3 Å². The molecule has 1 aliphatic rings. The van der Waals surface area contributed by atoms with Crippen LogP contribution in [0.5, 0.6) is 5.75 Å². The molecule has 6 heteroatoms. The highest BCUT2D eigenvalue weighted by molar-refractivity contribution is 5.93. The highest BCUT2D eigenvalue weighted by atomic mass is 16.5. The van der Waals surface area contributed by atoms with Crippen LogP contribution < -0.4 is 10.1 Å². The number of imidazole rings is 1. The van der Waals surface area contributed by atoms with Gasteiger partial charge in [0.1, 0.15) is 11.9 Å². The number of nitrogens with one attached hydrogen (secondary N) is 1. The van der Waals surface area contributed by atoms with E-state index in [4.69, 9.17) is 9.47 Å². The van der Waals surface area contributed by atoms with Crippen molar-refractivity contribution in [2.75, 3.05) is 13.7 Å². The van der Waals surface area contributed by atoms with Gasteiger partial charge in [-0.1, -0.05) is 49.4 Å². The highest BCUT2D eigenvalue weighted by Gasteiger charge is 2.26. The van der Waals surface area contributed by atoms with Crippen molar-refractivity contribution in [1.29, 1.82) is 0 Å². The van der Waals surface area contributed by atoms with Crippen LogP contribution in [0.15, 0.2) is 60.9 Å². The molecule has 2 heterocycles. The van der Waals surface area contributed by atoms with Gasteiger partial charge in [0.15, 0.2) is 5.69 Å². The number of carbonyl (C=O) groups is 1. The first-order valence-electron chi connectivity index (χ1n) is 9.78. The van der Waals surface area contributed by atoms with E-state index in [1.54, 1.807) is 13.4 Å². The van der Waals surface area contributed by atoms with Crippen LogP contribution in [0.2, 0.25) is 0 Å². The molecule has 150 valence electrons. The minimum Gasteiger partial charge on any atom is -0.497 e.